The van der Waals surface area contributed by atoms with Crippen LogP contribution in [0.3, 0.4) is 0 Å². The fourth-order valence-electron chi connectivity index (χ4n) is 3.95. The number of aromatic nitrogens is 2. The van der Waals surface area contributed by atoms with Crippen molar-refractivity contribution in [2.24, 2.45) is 4.99 Å². The van der Waals surface area contributed by atoms with Gasteiger partial charge in [0, 0.05) is 58.1 Å². The molecule has 1 aliphatic rings. The number of methoxy groups -OCH3 is 1. The molecule has 0 bridgehead atoms. The molecule has 1 aromatic heterocycles. The van der Waals surface area contributed by atoms with Crippen LogP contribution in [-0.4, -0.2) is 67.3 Å². The highest BCUT2D eigenvalue weighted by atomic mass is 16.5. The molecule has 0 amide bonds. The SMILES string of the molecule is CN=C(NCCCn1cnc2ccccc21)N1CCN(c2cccc(OC)c2)CC1. The van der Waals surface area contributed by atoms with Gasteiger partial charge in [-0.15, -0.1) is 0 Å². The van der Waals surface area contributed by atoms with Gasteiger partial charge >= 0.3 is 0 Å². The van der Waals surface area contributed by atoms with Crippen LogP contribution in [0.25, 0.3) is 11.0 Å². The molecule has 0 unspecified atom stereocenters. The van der Waals surface area contributed by atoms with Crippen molar-refractivity contribution in [3.63, 3.8) is 0 Å². The predicted octanol–water partition coefficient (Wildman–Crippen LogP) is 2.83. The molecular formula is C23H30N6O. The minimum Gasteiger partial charge on any atom is -0.497 e. The first-order chi connectivity index (χ1) is 14.8. The Morgan fingerprint density at radius 2 is 1.93 bits per heavy atom. The summed E-state index contributed by atoms with van der Waals surface area (Å²) in [6, 6.07) is 16.5. The fraction of sp³-hybridized carbons (Fsp3) is 0.391. The topological polar surface area (TPSA) is 57.9 Å². The molecule has 0 spiro atoms. The van der Waals surface area contributed by atoms with Crippen LogP contribution >= 0.6 is 0 Å². The number of fused-ring (bicyclic) bond motifs is 1. The Morgan fingerprint density at radius 1 is 1.10 bits per heavy atom. The maximum absolute atomic E-state index is 5.36. The van der Waals surface area contributed by atoms with Crippen molar-refractivity contribution >= 4 is 22.7 Å². The number of piperazine rings is 1. The lowest BCUT2D eigenvalue weighted by molar-refractivity contribution is 0.371. The summed E-state index contributed by atoms with van der Waals surface area (Å²) in [7, 11) is 3.57. The maximum atomic E-state index is 5.36. The van der Waals surface area contributed by atoms with Gasteiger partial charge in [0.15, 0.2) is 5.96 Å². The molecule has 2 heterocycles. The number of aryl methyl sites for hydroxylation is 1. The molecule has 4 rings (SSSR count). The highest BCUT2D eigenvalue weighted by molar-refractivity contribution is 5.80. The second kappa shape index (κ2) is 9.52. The number of imidazole rings is 1. The molecule has 7 nitrogen and oxygen atoms in total. The van der Waals surface area contributed by atoms with Gasteiger partial charge in [-0.25, -0.2) is 4.98 Å². The highest BCUT2D eigenvalue weighted by Gasteiger charge is 2.20. The van der Waals surface area contributed by atoms with Crippen LogP contribution in [0, 0.1) is 0 Å². The van der Waals surface area contributed by atoms with Gasteiger partial charge in [-0.3, -0.25) is 4.99 Å². The van der Waals surface area contributed by atoms with Crippen molar-refractivity contribution < 1.29 is 4.74 Å². The number of benzene rings is 2. The predicted molar refractivity (Wildman–Crippen MR) is 122 cm³/mol. The van der Waals surface area contributed by atoms with Gasteiger partial charge in [0.25, 0.3) is 0 Å². The summed E-state index contributed by atoms with van der Waals surface area (Å²) in [5, 5.41) is 3.53. The molecule has 1 saturated heterocycles. The van der Waals surface area contributed by atoms with Gasteiger partial charge in [0.1, 0.15) is 5.75 Å². The molecule has 3 aromatic rings. The number of anilines is 1. The first kappa shape index (κ1) is 20.1. The molecule has 1 aliphatic heterocycles. The number of nitrogens with zero attached hydrogens (tertiary/aromatic N) is 5. The number of para-hydroxylation sites is 2. The summed E-state index contributed by atoms with van der Waals surface area (Å²) in [4.78, 5) is 13.7. The second-order valence-electron chi connectivity index (χ2n) is 7.43. The number of hydrogen-bond donors (Lipinski definition) is 1. The number of ether oxygens (including phenoxy) is 1. The fourth-order valence-corrected chi connectivity index (χ4v) is 3.95. The van der Waals surface area contributed by atoms with E-state index in [4.69, 9.17) is 4.74 Å². The lowest BCUT2D eigenvalue weighted by Gasteiger charge is -2.37. The van der Waals surface area contributed by atoms with Gasteiger partial charge in [-0.2, -0.15) is 0 Å². The van der Waals surface area contributed by atoms with Gasteiger partial charge in [-0.05, 0) is 30.7 Å². The standard InChI is InChI=1S/C23H30N6O/c1-24-23(25-11-6-12-29-18-26-21-9-3-4-10-22(21)29)28-15-13-27(14-16-28)19-7-5-8-20(17-19)30-2/h3-5,7-10,17-18H,6,11-16H2,1-2H3,(H,24,25). The molecular weight excluding hydrogens is 376 g/mol. The van der Waals surface area contributed by atoms with Crippen molar-refractivity contribution in [1.82, 2.24) is 19.8 Å². The van der Waals surface area contributed by atoms with Gasteiger partial charge in [0.2, 0.25) is 0 Å². The average molecular weight is 407 g/mol. The Balaban J connectivity index is 1.25. The molecule has 0 radical (unpaired) electrons. The van der Waals surface area contributed by atoms with Crippen molar-refractivity contribution in [1.29, 1.82) is 0 Å². The second-order valence-corrected chi connectivity index (χ2v) is 7.43. The zero-order chi connectivity index (χ0) is 20.8. The van der Waals surface area contributed by atoms with Crippen LogP contribution in [0.5, 0.6) is 5.75 Å². The Labute approximate surface area is 178 Å². The average Bonchev–Trinajstić information content (AvgIpc) is 3.22. The zero-order valence-corrected chi connectivity index (χ0v) is 17.8. The van der Waals surface area contributed by atoms with E-state index in [0.717, 1.165) is 62.9 Å². The molecule has 0 saturated carbocycles. The molecule has 0 atom stereocenters. The monoisotopic (exact) mass is 406 g/mol. The summed E-state index contributed by atoms with van der Waals surface area (Å²) in [6.45, 7) is 5.65. The van der Waals surface area contributed by atoms with E-state index in [0.29, 0.717) is 0 Å². The van der Waals surface area contributed by atoms with Crippen molar-refractivity contribution in [2.45, 2.75) is 13.0 Å². The van der Waals surface area contributed by atoms with Crippen LogP contribution in [0.2, 0.25) is 0 Å². The van der Waals surface area contributed by atoms with E-state index in [-0.39, 0.29) is 0 Å². The molecule has 2 aromatic carbocycles. The molecule has 1 fully saturated rings. The largest absolute Gasteiger partial charge is 0.497 e. The van der Waals surface area contributed by atoms with Crippen LogP contribution in [0.1, 0.15) is 6.42 Å². The van der Waals surface area contributed by atoms with Gasteiger partial charge in [-0.1, -0.05) is 18.2 Å². The van der Waals surface area contributed by atoms with E-state index in [1.54, 1.807) is 7.11 Å². The molecule has 30 heavy (non-hydrogen) atoms. The summed E-state index contributed by atoms with van der Waals surface area (Å²) >= 11 is 0. The van der Waals surface area contributed by atoms with Crippen LogP contribution in [0.15, 0.2) is 59.9 Å². The van der Waals surface area contributed by atoms with Crippen LogP contribution < -0.4 is 15.0 Å². The summed E-state index contributed by atoms with van der Waals surface area (Å²) in [5.74, 6) is 1.88. The normalized spacial score (nSPS) is 14.9. The Hall–Kier alpha value is -3.22. The first-order valence-corrected chi connectivity index (χ1v) is 10.5. The third kappa shape index (κ3) is 4.50. The van der Waals surface area contributed by atoms with E-state index in [2.05, 4.69) is 60.0 Å². The van der Waals surface area contributed by atoms with Crippen LogP contribution in [-0.2, 0) is 6.54 Å². The number of guanidine groups is 1. The smallest absolute Gasteiger partial charge is 0.193 e. The Morgan fingerprint density at radius 3 is 2.73 bits per heavy atom. The Kier molecular flexibility index (Phi) is 6.37. The van der Waals surface area contributed by atoms with Crippen molar-refractivity contribution in [2.75, 3.05) is 51.8 Å². The number of hydrogen-bond acceptors (Lipinski definition) is 4. The van der Waals surface area contributed by atoms with E-state index in [9.17, 15) is 0 Å². The van der Waals surface area contributed by atoms with Crippen molar-refractivity contribution in [3.8, 4) is 5.75 Å². The lowest BCUT2D eigenvalue weighted by atomic mass is 10.2. The van der Waals surface area contributed by atoms with Gasteiger partial charge < -0.3 is 24.4 Å². The highest BCUT2D eigenvalue weighted by Crippen LogP contribution is 2.22. The number of aliphatic imine (C=N–C) groups is 1. The van der Waals surface area contributed by atoms with Gasteiger partial charge in [0.05, 0.1) is 24.5 Å². The minimum atomic E-state index is 0.884. The van der Waals surface area contributed by atoms with Crippen molar-refractivity contribution in [3.05, 3.63) is 54.9 Å². The van der Waals surface area contributed by atoms with Crippen LogP contribution in [0.4, 0.5) is 5.69 Å². The molecule has 158 valence electrons. The van der Waals surface area contributed by atoms with E-state index in [1.165, 1.54) is 11.2 Å². The first-order valence-electron chi connectivity index (χ1n) is 10.5. The van der Waals surface area contributed by atoms with E-state index in [1.807, 2.05) is 31.6 Å². The quantitative estimate of drug-likeness (QED) is 0.388. The number of rotatable bonds is 6. The molecule has 7 heteroatoms. The van der Waals surface area contributed by atoms with E-state index < -0.39 is 0 Å². The van der Waals surface area contributed by atoms with E-state index >= 15 is 0 Å². The number of nitrogens with one attached hydrogen (secondary N) is 1. The molecule has 1 N–H and O–H groups in total. The summed E-state index contributed by atoms with van der Waals surface area (Å²) in [6.07, 6.45) is 2.94. The zero-order valence-electron chi connectivity index (χ0n) is 17.8. The maximum Gasteiger partial charge on any atom is 0.193 e. The minimum absolute atomic E-state index is 0.884. The summed E-state index contributed by atoms with van der Waals surface area (Å²) in [5.41, 5.74) is 3.45. The third-order valence-corrected chi connectivity index (χ3v) is 5.60. The molecule has 0 aliphatic carbocycles. The summed E-state index contributed by atoms with van der Waals surface area (Å²) < 4.78 is 7.57. The third-order valence-electron chi connectivity index (χ3n) is 5.60. The Bertz CT molecular complexity index is 990. The lowest BCUT2D eigenvalue weighted by Crippen LogP contribution is -2.52.